The van der Waals surface area contributed by atoms with Crippen molar-refractivity contribution in [3.63, 3.8) is 0 Å². The van der Waals surface area contributed by atoms with Crippen LogP contribution in [0.4, 0.5) is 4.39 Å². The minimum absolute atomic E-state index is 0.00995. The van der Waals surface area contributed by atoms with Crippen LogP contribution in [0.1, 0.15) is 10.6 Å². The third-order valence-corrected chi connectivity index (χ3v) is 6.80. The largest absolute Gasteiger partial charge is 0.451 e. The number of carbonyl (C=O) groups excluding carboxylic acids is 1. The van der Waals surface area contributed by atoms with E-state index in [9.17, 15) is 17.6 Å². The first-order valence-corrected chi connectivity index (χ1v) is 11.9. The van der Waals surface area contributed by atoms with Gasteiger partial charge in [-0.05, 0) is 47.0 Å². The van der Waals surface area contributed by atoms with Crippen molar-refractivity contribution >= 4 is 26.9 Å². The van der Waals surface area contributed by atoms with E-state index in [1.165, 1.54) is 24.3 Å². The second-order valence-corrected chi connectivity index (χ2v) is 9.32. The molecule has 4 aromatic carbocycles. The molecule has 1 N–H and O–H groups in total. The van der Waals surface area contributed by atoms with Gasteiger partial charge in [0.2, 0.25) is 0 Å². The topological polar surface area (TPSA) is 76.4 Å². The van der Waals surface area contributed by atoms with E-state index in [0.717, 1.165) is 11.1 Å². The molecule has 34 heavy (non-hydrogen) atoms. The van der Waals surface area contributed by atoms with Crippen LogP contribution in [0.5, 0.6) is 0 Å². The smallest absolute Gasteiger partial charge is 0.300 e. The summed E-state index contributed by atoms with van der Waals surface area (Å²) in [6.45, 7) is 0. The second-order valence-electron chi connectivity index (χ2n) is 7.67. The number of furan rings is 1. The van der Waals surface area contributed by atoms with Crippen molar-refractivity contribution < 1.29 is 22.0 Å². The molecule has 0 atom stereocenters. The zero-order chi connectivity index (χ0) is 23.7. The standard InChI is InChI=1S/C27H18FNO4S/c28-22-14-12-18(13-15-22)20-10-11-21-17-25(33-24(21)16-20)27(30)29-34(31,32)26-9-5-4-8-23(26)19-6-2-1-3-7-19/h1-17H,(H,29,30). The number of carbonyl (C=O) groups is 1. The molecule has 5 nitrogen and oxygen atoms in total. The Morgan fingerprint density at radius 3 is 2.18 bits per heavy atom. The van der Waals surface area contributed by atoms with Gasteiger partial charge < -0.3 is 4.42 Å². The van der Waals surface area contributed by atoms with E-state index in [4.69, 9.17) is 4.42 Å². The van der Waals surface area contributed by atoms with Crippen LogP contribution in [0.3, 0.4) is 0 Å². The molecule has 0 aliphatic heterocycles. The highest BCUT2D eigenvalue weighted by Gasteiger charge is 2.24. The van der Waals surface area contributed by atoms with Crippen LogP contribution >= 0.6 is 0 Å². The van der Waals surface area contributed by atoms with Gasteiger partial charge in [0, 0.05) is 10.9 Å². The zero-order valence-electron chi connectivity index (χ0n) is 17.7. The highest BCUT2D eigenvalue weighted by molar-refractivity contribution is 7.90. The molecule has 0 aliphatic rings. The van der Waals surface area contributed by atoms with Crippen molar-refractivity contribution in [2.45, 2.75) is 4.90 Å². The van der Waals surface area contributed by atoms with Gasteiger partial charge in [0.05, 0.1) is 4.90 Å². The lowest BCUT2D eigenvalue weighted by atomic mass is 10.0. The van der Waals surface area contributed by atoms with Crippen molar-refractivity contribution in [1.29, 1.82) is 0 Å². The fourth-order valence-corrected chi connectivity index (χ4v) is 4.94. The first-order chi connectivity index (χ1) is 16.4. The maximum Gasteiger partial charge on any atom is 0.300 e. The number of rotatable bonds is 5. The number of fused-ring (bicyclic) bond motifs is 1. The van der Waals surface area contributed by atoms with Gasteiger partial charge in [-0.25, -0.2) is 17.5 Å². The SMILES string of the molecule is O=C(NS(=O)(=O)c1ccccc1-c1ccccc1)c1cc2ccc(-c3ccc(F)cc3)cc2o1. The van der Waals surface area contributed by atoms with Crippen LogP contribution in [0, 0.1) is 5.82 Å². The predicted octanol–water partition coefficient (Wildman–Crippen LogP) is 6.02. The molecule has 0 spiro atoms. The van der Waals surface area contributed by atoms with Crippen LogP contribution in [-0.2, 0) is 10.0 Å². The minimum atomic E-state index is -4.17. The molecule has 0 fully saturated rings. The van der Waals surface area contributed by atoms with Crippen molar-refractivity contribution in [2.24, 2.45) is 0 Å². The number of sulfonamides is 1. The molecule has 0 saturated heterocycles. The zero-order valence-corrected chi connectivity index (χ0v) is 18.6. The molecule has 1 heterocycles. The molecule has 7 heteroatoms. The molecule has 0 aliphatic carbocycles. The van der Waals surface area contributed by atoms with Gasteiger partial charge in [-0.3, -0.25) is 4.79 Å². The fourth-order valence-electron chi connectivity index (χ4n) is 3.75. The molecular formula is C27H18FNO4S. The summed E-state index contributed by atoms with van der Waals surface area (Å²) in [5.74, 6) is -1.34. The molecule has 1 aromatic heterocycles. The van der Waals surface area contributed by atoms with Crippen LogP contribution in [-0.4, -0.2) is 14.3 Å². The third kappa shape index (κ3) is 4.21. The van der Waals surface area contributed by atoms with E-state index in [0.29, 0.717) is 22.1 Å². The van der Waals surface area contributed by atoms with Crippen LogP contribution in [0.2, 0.25) is 0 Å². The molecule has 0 bridgehead atoms. The van der Waals surface area contributed by atoms with Gasteiger partial charge in [-0.1, -0.05) is 72.8 Å². The Bertz CT molecular complexity index is 1610. The summed E-state index contributed by atoms with van der Waals surface area (Å²) >= 11 is 0. The van der Waals surface area contributed by atoms with Crippen molar-refractivity contribution in [3.8, 4) is 22.3 Å². The van der Waals surface area contributed by atoms with E-state index in [1.807, 2.05) is 24.3 Å². The van der Waals surface area contributed by atoms with Crippen LogP contribution in [0.25, 0.3) is 33.2 Å². The Morgan fingerprint density at radius 2 is 1.41 bits per heavy atom. The number of halogens is 1. The number of nitrogens with one attached hydrogen (secondary N) is 1. The van der Waals surface area contributed by atoms with E-state index >= 15 is 0 Å². The highest BCUT2D eigenvalue weighted by Crippen LogP contribution is 2.29. The lowest BCUT2D eigenvalue weighted by Gasteiger charge is -2.11. The molecule has 1 amide bonds. The van der Waals surface area contributed by atoms with Crippen molar-refractivity contribution in [1.82, 2.24) is 4.72 Å². The Hall–Kier alpha value is -4.23. The minimum Gasteiger partial charge on any atom is -0.451 e. The second kappa shape index (κ2) is 8.61. The Labute approximate surface area is 195 Å². The Morgan fingerprint density at radius 1 is 0.735 bits per heavy atom. The van der Waals surface area contributed by atoms with E-state index in [2.05, 4.69) is 4.72 Å². The monoisotopic (exact) mass is 471 g/mol. The molecular weight excluding hydrogens is 453 g/mol. The molecule has 0 unspecified atom stereocenters. The number of hydrogen-bond acceptors (Lipinski definition) is 4. The lowest BCUT2D eigenvalue weighted by molar-refractivity contribution is 0.0956. The van der Waals surface area contributed by atoms with Gasteiger partial charge in [-0.15, -0.1) is 0 Å². The average molecular weight is 472 g/mol. The third-order valence-electron chi connectivity index (χ3n) is 5.41. The Kier molecular flexibility index (Phi) is 5.47. The molecule has 5 aromatic rings. The first kappa shape index (κ1) is 21.6. The van der Waals surface area contributed by atoms with Gasteiger partial charge in [-0.2, -0.15) is 0 Å². The van der Waals surface area contributed by atoms with Crippen molar-refractivity contribution in [3.05, 3.63) is 115 Å². The van der Waals surface area contributed by atoms with Crippen molar-refractivity contribution in [2.75, 3.05) is 0 Å². The summed E-state index contributed by atoms with van der Waals surface area (Å²) in [6, 6.07) is 28.3. The van der Waals surface area contributed by atoms with Gasteiger partial charge in [0.1, 0.15) is 11.4 Å². The van der Waals surface area contributed by atoms with Crippen LogP contribution in [0.15, 0.2) is 112 Å². The lowest BCUT2D eigenvalue weighted by Crippen LogP contribution is -2.30. The number of benzene rings is 4. The molecule has 5 rings (SSSR count). The fraction of sp³-hybridized carbons (Fsp3) is 0. The summed E-state index contributed by atoms with van der Waals surface area (Å²) < 4.78 is 47.2. The van der Waals surface area contributed by atoms with Gasteiger partial charge in [0.25, 0.3) is 10.0 Å². The maximum absolute atomic E-state index is 13.2. The number of amides is 1. The van der Waals surface area contributed by atoms with Gasteiger partial charge in [0.15, 0.2) is 5.76 Å². The summed E-state index contributed by atoms with van der Waals surface area (Å²) in [4.78, 5) is 12.8. The van der Waals surface area contributed by atoms with E-state index in [1.54, 1.807) is 54.6 Å². The molecule has 0 radical (unpaired) electrons. The Balaban J connectivity index is 1.44. The average Bonchev–Trinajstić information content (AvgIpc) is 3.29. The normalized spacial score (nSPS) is 11.4. The predicted molar refractivity (Wildman–Crippen MR) is 128 cm³/mol. The van der Waals surface area contributed by atoms with Gasteiger partial charge >= 0.3 is 5.91 Å². The highest BCUT2D eigenvalue weighted by atomic mass is 32.2. The number of hydrogen-bond donors (Lipinski definition) is 1. The van der Waals surface area contributed by atoms with E-state index < -0.39 is 15.9 Å². The molecule has 0 saturated carbocycles. The summed E-state index contributed by atoms with van der Waals surface area (Å²) in [6.07, 6.45) is 0. The maximum atomic E-state index is 13.2. The first-order valence-electron chi connectivity index (χ1n) is 10.4. The summed E-state index contributed by atoms with van der Waals surface area (Å²) in [5.41, 5.74) is 3.17. The molecule has 168 valence electrons. The quantitative estimate of drug-likeness (QED) is 0.340. The van der Waals surface area contributed by atoms with Crippen LogP contribution < -0.4 is 4.72 Å². The summed E-state index contributed by atoms with van der Waals surface area (Å²) in [7, 11) is -4.17. The summed E-state index contributed by atoms with van der Waals surface area (Å²) in [5, 5.41) is 0.637. The van der Waals surface area contributed by atoms with E-state index in [-0.39, 0.29) is 16.5 Å².